The maximum absolute atomic E-state index is 5.93. The Morgan fingerprint density at radius 1 is 0.917 bits per heavy atom. The van der Waals surface area contributed by atoms with Gasteiger partial charge in [0.05, 0.1) is 32.2 Å². The molecule has 0 atom stereocenters. The highest BCUT2D eigenvalue weighted by Gasteiger charge is 2.20. The lowest BCUT2D eigenvalue weighted by molar-refractivity contribution is 0.327. The largest absolute Gasteiger partial charge is 0.493 e. The van der Waals surface area contributed by atoms with Gasteiger partial charge in [-0.05, 0) is 24.3 Å². The molecule has 1 N–H and O–H groups in total. The summed E-state index contributed by atoms with van der Waals surface area (Å²) in [7, 11) is 4.69. The average Bonchev–Trinajstić information content (AvgIpc) is 2.62. The molecule has 3 aromatic rings. The molecule has 0 aliphatic rings. The number of fused-ring (bicyclic) bond motifs is 1. The van der Waals surface area contributed by atoms with Crippen LogP contribution in [0.3, 0.4) is 0 Å². The number of ether oxygens (including phenoxy) is 3. The second-order valence-electron chi connectivity index (χ2n) is 4.89. The van der Waals surface area contributed by atoms with Crippen LogP contribution in [0.25, 0.3) is 10.9 Å². The Morgan fingerprint density at radius 2 is 1.62 bits per heavy atom. The summed E-state index contributed by atoms with van der Waals surface area (Å²) in [6.45, 7) is 0. The third kappa shape index (κ3) is 2.88. The monoisotopic (exact) mass is 345 g/mol. The Labute approximate surface area is 144 Å². The van der Waals surface area contributed by atoms with Crippen LogP contribution in [-0.2, 0) is 0 Å². The molecule has 1 aromatic heterocycles. The van der Waals surface area contributed by atoms with Gasteiger partial charge >= 0.3 is 0 Å². The quantitative estimate of drug-likeness (QED) is 0.752. The van der Waals surface area contributed by atoms with Crippen LogP contribution in [0.4, 0.5) is 11.5 Å². The topological polar surface area (TPSA) is 65.5 Å². The first kappa shape index (κ1) is 16.1. The number of methoxy groups -OCH3 is 3. The Hall–Kier alpha value is -2.73. The minimum atomic E-state index is 0.487. The number of anilines is 2. The molecule has 0 fully saturated rings. The van der Waals surface area contributed by atoms with Crippen molar-refractivity contribution in [2.24, 2.45) is 0 Å². The fourth-order valence-electron chi connectivity index (χ4n) is 2.45. The minimum Gasteiger partial charge on any atom is -0.493 e. The van der Waals surface area contributed by atoms with Crippen molar-refractivity contribution in [2.75, 3.05) is 26.6 Å². The molecule has 0 aliphatic heterocycles. The molecule has 0 radical (unpaired) electrons. The molecule has 24 heavy (non-hydrogen) atoms. The highest BCUT2D eigenvalue weighted by Crippen LogP contribution is 2.45. The van der Waals surface area contributed by atoms with E-state index in [1.165, 1.54) is 6.33 Å². The van der Waals surface area contributed by atoms with E-state index < -0.39 is 0 Å². The lowest BCUT2D eigenvalue weighted by Gasteiger charge is -2.16. The van der Waals surface area contributed by atoms with Gasteiger partial charge in [0.2, 0.25) is 5.75 Å². The normalized spacial score (nSPS) is 10.5. The van der Waals surface area contributed by atoms with Crippen molar-refractivity contribution < 1.29 is 14.2 Å². The van der Waals surface area contributed by atoms with Crippen molar-refractivity contribution in [3.8, 4) is 17.2 Å². The summed E-state index contributed by atoms with van der Waals surface area (Å²) < 4.78 is 16.3. The molecular formula is C17H16ClN3O3. The fourth-order valence-corrected chi connectivity index (χ4v) is 2.58. The summed E-state index contributed by atoms with van der Waals surface area (Å²) in [5.74, 6) is 2.13. The van der Waals surface area contributed by atoms with Gasteiger partial charge in [0.1, 0.15) is 12.1 Å². The van der Waals surface area contributed by atoms with Crippen molar-refractivity contribution in [2.45, 2.75) is 0 Å². The lowest BCUT2D eigenvalue weighted by Crippen LogP contribution is -2.01. The summed E-state index contributed by atoms with van der Waals surface area (Å²) in [6, 6.07) is 9.11. The Bertz CT molecular complexity index is 869. The number of rotatable bonds is 5. The van der Waals surface area contributed by atoms with Crippen LogP contribution in [0.5, 0.6) is 17.2 Å². The first-order chi connectivity index (χ1) is 11.7. The molecule has 0 saturated carbocycles. The first-order valence-electron chi connectivity index (χ1n) is 7.14. The molecule has 0 spiro atoms. The number of aromatic nitrogens is 2. The van der Waals surface area contributed by atoms with Gasteiger partial charge in [-0.15, -0.1) is 0 Å². The second-order valence-corrected chi connectivity index (χ2v) is 5.33. The molecule has 3 rings (SSSR count). The Kier molecular flexibility index (Phi) is 4.57. The van der Waals surface area contributed by atoms with Crippen molar-refractivity contribution in [1.29, 1.82) is 0 Å². The number of hydrogen-bond donors (Lipinski definition) is 1. The lowest BCUT2D eigenvalue weighted by atomic mass is 10.1. The number of benzene rings is 2. The molecule has 2 aromatic carbocycles. The Balaban J connectivity index is 2.19. The summed E-state index contributed by atoms with van der Waals surface area (Å²) in [6.07, 6.45) is 1.48. The zero-order chi connectivity index (χ0) is 17.1. The van der Waals surface area contributed by atoms with Gasteiger partial charge in [-0.25, -0.2) is 9.97 Å². The SMILES string of the molecule is COc1cc2ncnc(Nc3ccc(Cl)cc3)c2c(OC)c1OC. The number of hydrogen-bond acceptors (Lipinski definition) is 6. The molecule has 7 heteroatoms. The fraction of sp³-hybridized carbons (Fsp3) is 0.176. The van der Waals surface area contributed by atoms with Crippen molar-refractivity contribution in [1.82, 2.24) is 9.97 Å². The van der Waals surface area contributed by atoms with Crippen LogP contribution in [0.15, 0.2) is 36.7 Å². The number of nitrogens with zero attached hydrogens (tertiary/aromatic N) is 2. The highest BCUT2D eigenvalue weighted by molar-refractivity contribution is 6.30. The van der Waals surface area contributed by atoms with E-state index in [0.717, 1.165) is 5.69 Å². The predicted molar refractivity (Wildman–Crippen MR) is 93.9 cm³/mol. The average molecular weight is 346 g/mol. The van der Waals surface area contributed by atoms with Crippen molar-refractivity contribution in [3.05, 3.63) is 41.7 Å². The van der Waals surface area contributed by atoms with E-state index in [4.69, 9.17) is 25.8 Å². The van der Waals surface area contributed by atoms with Gasteiger partial charge in [-0.3, -0.25) is 0 Å². The molecule has 0 aliphatic carbocycles. The van der Waals surface area contributed by atoms with Crippen LogP contribution in [0.2, 0.25) is 5.02 Å². The smallest absolute Gasteiger partial charge is 0.204 e. The van der Waals surface area contributed by atoms with Gasteiger partial charge in [-0.1, -0.05) is 11.6 Å². The molecule has 124 valence electrons. The summed E-state index contributed by atoms with van der Waals surface area (Å²) in [5, 5.41) is 4.62. The molecular weight excluding hydrogens is 330 g/mol. The van der Waals surface area contributed by atoms with Gasteiger partial charge in [0.15, 0.2) is 11.5 Å². The summed E-state index contributed by atoms with van der Waals surface area (Å²) >= 11 is 5.93. The standard InChI is InChI=1S/C17H16ClN3O3/c1-22-13-8-12-14(16(24-3)15(13)23-2)17(20-9-19-12)21-11-6-4-10(18)5-7-11/h4-9H,1-3H3,(H,19,20,21). The van der Waals surface area contributed by atoms with Gasteiger partial charge < -0.3 is 19.5 Å². The van der Waals surface area contributed by atoms with Gasteiger partial charge in [-0.2, -0.15) is 0 Å². The third-order valence-corrected chi connectivity index (χ3v) is 3.79. The zero-order valence-corrected chi connectivity index (χ0v) is 14.2. The van der Waals surface area contributed by atoms with E-state index >= 15 is 0 Å². The molecule has 0 unspecified atom stereocenters. The number of nitrogens with one attached hydrogen (secondary N) is 1. The van der Waals surface area contributed by atoms with Crippen LogP contribution >= 0.6 is 11.6 Å². The highest BCUT2D eigenvalue weighted by atomic mass is 35.5. The van der Waals surface area contributed by atoms with E-state index in [0.29, 0.717) is 39.0 Å². The molecule has 0 amide bonds. The van der Waals surface area contributed by atoms with Crippen molar-refractivity contribution in [3.63, 3.8) is 0 Å². The maximum atomic E-state index is 5.93. The molecule has 0 saturated heterocycles. The second kappa shape index (κ2) is 6.80. The molecule has 6 nitrogen and oxygen atoms in total. The molecule has 1 heterocycles. The van der Waals surface area contributed by atoms with E-state index in [2.05, 4.69) is 15.3 Å². The van der Waals surface area contributed by atoms with Crippen LogP contribution in [0.1, 0.15) is 0 Å². The van der Waals surface area contributed by atoms with E-state index in [9.17, 15) is 0 Å². The van der Waals surface area contributed by atoms with E-state index in [1.54, 1.807) is 39.5 Å². The van der Waals surface area contributed by atoms with Crippen LogP contribution in [-0.4, -0.2) is 31.3 Å². The van der Waals surface area contributed by atoms with Gasteiger partial charge in [0.25, 0.3) is 0 Å². The summed E-state index contributed by atoms with van der Waals surface area (Å²) in [5.41, 5.74) is 1.52. The first-order valence-corrected chi connectivity index (χ1v) is 7.52. The van der Waals surface area contributed by atoms with Crippen molar-refractivity contribution >= 4 is 34.0 Å². The summed E-state index contributed by atoms with van der Waals surface area (Å²) in [4.78, 5) is 8.63. The van der Waals surface area contributed by atoms with Gasteiger partial charge in [0, 0.05) is 16.8 Å². The molecule has 0 bridgehead atoms. The van der Waals surface area contributed by atoms with E-state index in [1.807, 2.05) is 12.1 Å². The van der Waals surface area contributed by atoms with E-state index in [-0.39, 0.29) is 0 Å². The van der Waals surface area contributed by atoms with Crippen LogP contribution < -0.4 is 19.5 Å². The number of halogens is 1. The minimum absolute atomic E-state index is 0.487. The van der Waals surface area contributed by atoms with Crippen LogP contribution in [0, 0.1) is 0 Å². The third-order valence-electron chi connectivity index (χ3n) is 3.54. The zero-order valence-electron chi connectivity index (χ0n) is 13.5. The predicted octanol–water partition coefficient (Wildman–Crippen LogP) is 4.05. The maximum Gasteiger partial charge on any atom is 0.204 e. The Morgan fingerprint density at radius 3 is 2.25 bits per heavy atom.